The van der Waals surface area contributed by atoms with E-state index >= 15 is 0 Å². The Bertz CT molecular complexity index is 918. The van der Waals surface area contributed by atoms with Crippen molar-refractivity contribution >= 4 is 17.4 Å². The molecule has 124 valence electrons. The molecule has 1 unspecified atom stereocenters. The highest BCUT2D eigenvalue weighted by Gasteiger charge is 2.17. The number of aromatic nitrogens is 2. The van der Waals surface area contributed by atoms with Gasteiger partial charge in [-0.2, -0.15) is 5.26 Å². The van der Waals surface area contributed by atoms with Crippen molar-refractivity contribution < 1.29 is 0 Å². The maximum Gasteiger partial charge on any atom is 0.147 e. The molecule has 3 aromatic rings. The molecule has 0 N–H and O–H groups in total. The van der Waals surface area contributed by atoms with Gasteiger partial charge >= 0.3 is 0 Å². The Morgan fingerprint density at radius 2 is 1.88 bits per heavy atom. The maximum absolute atomic E-state index is 8.95. The second-order valence-corrected chi connectivity index (χ2v) is 6.20. The van der Waals surface area contributed by atoms with Crippen LogP contribution in [0.2, 0.25) is 5.02 Å². The van der Waals surface area contributed by atoms with E-state index in [1.54, 1.807) is 18.5 Å². The fourth-order valence-corrected chi connectivity index (χ4v) is 2.98. The molecule has 3 rings (SSSR count). The highest BCUT2D eigenvalue weighted by Crippen LogP contribution is 2.31. The van der Waals surface area contributed by atoms with Crippen LogP contribution in [0.4, 0.5) is 5.82 Å². The number of benzene rings is 1. The van der Waals surface area contributed by atoms with Crippen molar-refractivity contribution in [2.24, 2.45) is 0 Å². The van der Waals surface area contributed by atoms with Gasteiger partial charge in [-0.15, -0.1) is 0 Å². The summed E-state index contributed by atoms with van der Waals surface area (Å²) in [7, 11) is 1.95. The summed E-state index contributed by atoms with van der Waals surface area (Å²) in [5, 5.41) is 9.42. The molecule has 0 fully saturated rings. The second kappa shape index (κ2) is 7.33. The van der Waals surface area contributed by atoms with Crippen molar-refractivity contribution in [3.05, 3.63) is 77.2 Å². The predicted octanol–water partition coefficient (Wildman–Crippen LogP) is 4.87. The van der Waals surface area contributed by atoms with E-state index in [0.717, 1.165) is 16.7 Å². The predicted molar refractivity (Wildman–Crippen MR) is 100 cm³/mol. The molecule has 2 heterocycles. The second-order valence-electron chi connectivity index (χ2n) is 5.79. The lowest BCUT2D eigenvalue weighted by Crippen LogP contribution is -2.23. The fraction of sp³-hybridized carbons (Fsp3) is 0.150. The molecule has 5 heteroatoms. The van der Waals surface area contributed by atoms with E-state index in [9.17, 15) is 0 Å². The van der Waals surface area contributed by atoms with Gasteiger partial charge in [0.2, 0.25) is 0 Å². The minimum Gasteiger partial charge on any atom is -0.352 e. The Morgan fingerprint density at radius 1 is 1.12 bits per heavy atom. The number of nitrogens with zero attached hydrogens (tertiary/aromatic N) is 4. The van der Waals surface area contributed by atoms with Gasteiger partial charge in [0, 0.05) is 25.6 Å². The zero-order valence-electron chi connectivity index (χ0n) is 14.0. The molecule has 0 radical (unpaired) electrons. The molecule has 0 spiro atoms. The molecule has 1 atom stereocenters. The molecule has 0 saturated carbocycles. The molecular formula is C20H17ClN4. The van der Waals surface area contributed by atoms with Crippen molar-refractivity contribution in [1.82, 2.24) is 9.97 Å². The summed E-state index contributed by atoms with van der Waals surface area (Å²) < 4.78 is 0. The Labute approximate surface area is 152 Å². The first-order valence-electron chi connectivity index (χ1n) is 7.89. The number of rotatable bonds is 4. The summed E-state index contributed by atoms with van der Waals surface area (Å²) in [5.41, 5.74) is 3.87. The summed E-state index contributed by atoms with van der Waals surface area (Å²) >= 11 is 6.30. The van der Waals surface area contributed by atoms with Gasteiger partial charge in [0.15, 0.2) is 0 Å². The standard InChI is InChI=1S/C20H17ClN4/c1-14(25(2)20-19(21)10-15(12-22)13-24-20)17-4-3-5-18(11-17)16-6-8-23-9-7-16/h3-11,13-14H,1-2H3. The first-order chi connectivity index (χ1) is 12.1. The number of hydrogen-bond acceptors (Lipinski definition) is 4. The van der Waals surface area contributed by atoms with E-state index in [0.29, 0.717) is 16.4 Å². The van der Waals surface area contributed by atoms with Gasteiger partial charge in [-0.05, 0) is 47.9 Å². The summed E-state index contributed by atoms with van der Waals surface area (Å²) in [6.45, 7) is 2.10. The molecule has 0 bridgehead atoms. The summed E-state index contributed by atoms with van der Waals surface area (Å²) in [5.74, 6) is 0.655. The first-order valence-corrected chi connectivity index (χ1v) is 8.27. The van der Waals surface area contributed by atoms with Gasteiger partial charge in [-0.3, -0.25) is 4.98 Å². The van der Waals surface area contributed by atoms with E-state index in [4.69, 9.17) is 16.9 Å². The summed E-state index contributed by atoms with van der Waals surface area (Å²) in [6, 6.07) is 16.1. The first kappa shape index (κ1) is 16.9. The van der Waals surface area contributed by atoms with Crippen molar-refractivity contribution in [1.29, 1.82) is 5.26 Å². The van der Waals surface area contributed by atoms with Gasteiger partial charge < -0.3 is 4.90 Å². The van der Waals surface area contributed by atoms with Crippen LogP contribution in [0, 0.1) is 11.3 Å². The van der Waals surface area contributed by atoms with Gasteiger partial charge in [-0.25, -0.2) is 4.98 Å². The van der Waals surface area contributed by atoms with E-state index in [1.807, 2.05) is 36.2 Å². The Morgan fingerprint density at radius 3 is 2.56 bits per heavy atom. The molecule has 4 nitrogen and oxygen atoms in total. The monoisotopic (exact) mass is 348 g/mol. The summed E-state index contributed by atoms with van der Waals surface area (Å²) in [6.07, 6.45) is 5.12. The highest BCUT2D eigenvalue weighted by atomic mass is 35.5. The largest absolute Gasteiger partial charge is 0.352 e. The smallest absolute Gasteiger partial charge is 0.147 e. The van der Waals surface area contributed by atoms with Crippen molar-refractivity contribution in [2.45, 2.75) is 13.0 Å². The van der Waals surface area contributed by atoms with Gasteiger partial charge in [0.1, 0.15) is 11.9 Å². The van der Waals surface area contributed by atoms with Gasteiger partial charge in [-0.1, -0.05) is 29.8 Å². The molecule has 1 aromatic carbocycles. The lowest BCUT2D eigenvalue weighted by Gasteiger charge is -2.27. The van der Waals surface area contributed by atoms with Crippen LogP contribution in [0.1, 0.15) is 24.1 Å². The van der Waals surface area contributed by atoms with Gasteiger partial charge in [0.05, 0.1) is 16.6 Å². The van der Waals surface area contributed by atoms with E-state index in [-0.39, 0.29) is 6.04 Å². The Hall–Kier alpha value is -2.90. The maximum atomic E-state index is 8.95. The number of anilines is 1. The molecular weight excluding hydrogens is 332 g/mol. The number of halogens is 1. The molecule has 0 aliphatic rings. The number of hydrogen-bond donors (Lipinski definition) is 0. The lowest BCUT2D eigenvalue weighted by molar-refractivity contribution is 0.729. The average Bonchev–Trinajstić information content (AvgIpc) is 2.67. The third-order valence-electron chi connectivity index (χ3n) is 4.25. The third-order valence-corrected chi connectivity index (χ3v) is 4.53. The highest BCUT2D eigenvalue weighted by molar-refractivity contribution is 6.33. The fourth-order valence-electron chi connectivity index (χ4n) is 2.68. The third kappa shape index (κ3) is 3.62. The Kier molecular flexibility index (Phi) is 4.97. The van der Waals surface area contributed by atoms with Crippen LogP contribution < -0.4 is 4.90 Å². The zero-order chi connectivity index (χ0) is 17.8. The van der Waals surface area contributed by atoms with Gasteiger partial charge in [0.25, 0.3) is 0 Å². The van der Waals surface area contributed by atoms with Crippen LogP contribution in [0.25, 0.3) is 11.1 Å². The molecule has 0 amide bonds. The topological polar surface area (TPSA) is 52.8 Å². The van der Waals surface area contributed by atoms with Crippen LogP contribution in [0.3, 0.4) is 0 Å². The van der Waals surface area contributed by atoms with Crippen LogP contribution in [-0.2, 0) is 0 Å². The molecule has 0 aliphatic heterocycles. The lowest BCUT2D eigenvalue weighted by atomic mass is 10.0. The van der Waals surface area contributed by atoms with E-state index in [2.05, 4.69) is 35.1 Å². The molecule has 0 saturated heterocycles. The zero-order valence-corrected chi connectivity index (χ0v) is 14.8. The molecule has 25 heavy (non-hydrogen) atoms. The van der Waals surface area contributed by atoms with Crippen molar-refractivity contribution in [2.75, 3.05) is 11.9 Å². The Balaban J connectivity index is 1.90. The van der Waals surface area contributed by atoms with Crippen LogP contribution in [-0.4, -0.2) is 17.0 Å². The SMILES string of the molecule is CC(c1cccc(-c2ccncc2)c1)N(C)c1ncc(C#N)cc1Cl. The van der Waals surface area contributed by atoms with Crippen LogP contribution >= 0.6 is 11.6 Å². The van der Waals surface area contributed by atoms with Crippen LogP contribution in [0.5, 0.6) is 0 Å². The van der Waals surface area contributed by atoms with Crippen molar-refractivity contribution in [3.8, 4) is 17.2 Å². The quantitative estimate of drug-likeness (QED) is 0.675. The number of pyridine rings is 2. The van der Waals surface area contributed by atoms with E-state index in [1.165, 1.54) is 6.20 Å². The minimum absolute atomic E-state index is 0.0692. The molecule has 2 aromatic heterocycles. The summed E-state index contributed by atoms with van der Waals surface area (Å²) in [4.78, 5) is 10.4. The average molecular weight is 349 g/mol. The minimum atomic E-state index is 0.0692. The van der Waals surface area contributed by atoms with Crippen LogP contribution in [0.15, 0.2) is 61.1 Å². The van der Waals surface area contributed by atoms with E-state index < -0.39 is 0 Å². The molecule has 0 aliphatic carbocycles. The number of nitriles is 1. The van der Waals surface area contributed by atoms with Crippen molar-refractivity contribution in [3.63, 3.8) is 0 Å². The normalized spacial score (nSPS) is 11.6.